The second-order valence-electron chi connectivity index (χ2n) is 7.02. The number of aromatic nitrogens is 1. The van der Waals surface area contributed by atoms with Gasteiger partial charge in [-0.3, -0.25) is 14.9 Å². The molecule has 148 valence electrons. The van der Waals surface area contributed by atoms with E-state index in [9.17, 15) is 9.59 Å². The molecule has 1 aromatic heterocycles. The second-order valence-corrected chi connectivity index (χ2v) is 8.02. The highest BCUT2D eigenvalue weighted by atomic mass is 32.1. The third-order valence-electron chi connectivity index (χ3n) is 4.76. The summed E-state index contributed by atoms with van der Waals surface area (Å²) in [6.07, 6.45) is 0. The Kier molecular flexibility index (Phi) is 5.55. The lowest BCUT2D eigenvalue weighted by Crippen LogP contribution is -2.11. The number of nitrogens with one attached hydrogen (secondary N) is 1. The van der Waals surface area contributed by atoms with E-state index < -0.39 is 0 Å². The highest BCUT2D eigenvalue weighted by Crippen LogP contribution is 2.39. The molecule has 1 N–H and O–H groups in total. The molecule has 0 fully saturated rings. The van der Waals surface area contributed by atoms with Crippen molar-refractivity contribution in [1.82, 2.24) is 4.98 Å². The molecule has 0 unspecified atom stereocenters. The maximum Gasteiger partial charge on any atom is 0.257 e. The van der Waals surface area contributed by atoms with Gasteiger partial charge in [-0.15, -0.1) is 0 Å². The van der Waals surface area contributed by atoms with Gasteiger partial charge in [0.2, 0.25) is 0 Å². The van der Waals surface area contributed by atoms with Gasteiger partial charge in [-0.2, -0.15) is 0 Å². The van der Waals surface area contributed by atoms with E-state index in [-0.39, 0.29) is 11.7 Å². The van der Waals surface area contributed by atoms with Crippen molar-refractivity contribution in [2.24, 2.45) is 0 Å². The van der Waals surface area contributed by atoms with Crippen LogP contribution in [-0.2, 0) is 0 Å². The Hall–Kier alpha value is -3.57. The summed E-state index contributed by atoms with van der Waals surface area (Å²) in [5.74, 6) is -0.286. The van der Waals surface area contributed by atoms with Gasteiger partial charge in [-0.1, -0.05) is 83.6 Å². The lowest BCUT2D eigenvalue weighted by molar-refractivity contribution is 0.100. The molecule has 0 bridgehead atoms. The Morgan fingerprint density at radius 3 is 2.07 bits per heavy atom. The first-order valence-corrected chi connectivity index (χ1v) is 10.4. The maximum absolute atomic E-state index is 12.7. The molecule has 0 spiro atoms. The molecular weight excluding hydrogens is 392 g/mol. The van der Waals surface area contributed by atoms with Crippen molar-refractivity contribution in [2.75, 3.05) is 5.32 Å². The predicted molar refractivity (Wildman–Crippen MR) is 122 cm³/mol. The van der Waals surface area contributed by atoms with Crippen molar-refractivity contribution < 1.29 is 9.59 Å². The fraction of sp³-hybridized carbons (Fsp3) is 0.0800. The van der Waals surface area contributed by atoms with Crippen molar-refractivity contribution in [3.63, 3.8) is 0 Å². The van der Waals surface area contributed by atoms with E-state index in [4.69, 9.17) is 4.98 Å². The number of benzene rings is 3. The minimum absolute atomic E-state index is 0.0304. The molecule has 5 heteroatoms. The third kappa shape index (κ3) is 4.21. The molecular formula is C25H20N2O2S. The number of rotatable bonds is 5. The molecule has 0 atom stereocenters. The highest BCUT2D eigenvalue weighted by Gasteiger charge is 2.17. The van der Waals surface area contributed by atoms with E-state index in [2.05, 4.69) is 17.4 Å². The molecule has 30 heavy (non-hydrogen) atoms. The number of hydrogen-bond donors (Lipinski definition) is 1. The van der Waals surface area contributed by atoms with Gasteiger partial charge in [-0.05, 0) is 31.5 Å². The zero-order valence-electron chi connectivity index (χ0n) is 16.7. The summed E-state index contributed by atoms with van der Waals surface area (Å²) in [6.45, 7) is 3.55. The van der Waals surface area contributed by atoms with Crippen molar-refractivity contribution in [3.05, 3.63) is 95.6 Å². The van der Waals surface area contributed by atoms with Crippen LogP contribution >= 0.6 is 11.3 Å². The van der Waals surface area contributed by atoms with Gasteiger partial charge >= 0.3 is 0 Å². The van der Waals surface area contributed by atoms with E-state index in [1.54, 1.807) is 24.3 Å². The minimum Gasteiger partial charge on any atom is -0.298 e. The topological polar surface area (TPSA) is 59.1 Å². The van der Waals surface area contributed by atoms with Gasteiger partial charge in [0.15, 0.2) is 10.9 Å². The maximum atomic E-state index is 12.7. The number of carbonyl (C=O) groups is 2. The lowest BCUT2D eigenvalue weighted by Gasteiger charge is -2.03. The molecule has 0 saturated heterocycles. The molecule has 4 nitrogen and oxygen atoms in total. The number of ketones is 1. The summed E-state index contributed by atoms with van der Waals surface area (Å²) < 4.78 is 0. The Morgan fingerprint density at radius 2 is 1.43 bits per heavy atom. The van der Waals surface area contributed by atoms with Gasteiger partial charge in [0.25, 0.3) is 5.91 Å². The van der Waals surface area contributed by atoms with E-state index in [1.807, 2.05) is 49.4 Å². The average molecular weight is 413 g/mol. The minimum atomic E-state index is -0.256. The molecule has 0 aliphatic carbocycles. The molecule has 0 radical (unpaired) electrons. The Balaban J connectivity index is 1.67. The lowest BCUT2D eigenvalue weighted by atomic mass is 10.1. The summed E-state index contributed by atoms with van der Waals surface area (Å²) in [7, 11) is 0. The van der Waals surface area contributed by atoms with Crippen molar-refractivity contribution >= 4 is 28.2 Å². The number of Topliss-reactive ketones (excluding diaryl/α,β-unsaturated/α-hetero) is 1. The van der Waals surface area contributed by atoms with Crippen LogP contribution in [0.5, 0.6) is 0 Å². The summed E-state index contributed by atoms with van der Waals surface area (Å²) in [4.78, 5) is 29.9. The molecule has 4 rings (SSSR count). The molecule has 0 aliphatic heterocycles. The zero-order valence-corrected chi connectivity index (χ0v) is 17.5. The van der Waals surface area contributed by atoms with Gasteiger partial charge < -0.3 is 0 Å². The number of hydrogen-bond acceptors (Lipinski definition) is 4. The molecule has 1 heterocycles. The number of aryl methyl sites for hydroxylation is 1. The van der Waals surface area contributed by atoms with Gasteiger partial charge in [0, 0.05) is 16.7 Å². The normalized spacial score (nSPS) is 10.6. The average Bonchev–Trinajstić information content (AvgIpc) is 3.18. The van der Waals surface area contributed by atoms with E-state index in [0.29, 0.717) is 16.3 Å². The van der Waals surface area contributed by atoms with Crippen molar-refractivity contribution in [3.8, 4) is 21.7 Å². The standard InChI is InChI=1S/C25H20N2O2S/c1-16-8-10-19(11-9-16)22-23(20-6-4-3-5-7-20)30-25(26-22)27-24(29)21-14-12-18(13-15-21)17(2)28/h3-15H,1-2H3,(H,26,27,29). The second kappa shape index (κ2) is 8.43. The van der Waals surface area contributed by atoms with Crippen LogP contribution in [-0.4, -0.2) is 16.7 Å². The predicted octanol–water partition coefficient (Wildman–Crippen LogP) is 6.24. The fourth-order valence-electron chi connectivity index (χ4n) is 3.09. The first-order valence-electron chi connectivity index (χ1n) is 9.57. The number of anilines is 1. The molecule has 1 amide bonds. The molecule has 0 aliphatic rings. The molecule has 3 aromatic carbocycles. The molecule has 4 aromatic rings. The molecule has 0 saturated carbocycles. The van der Waals surface area contributed by atoms with Crippen LogP contribution in [0, 0.1) is 6.92 Å². The summed E-state index contributed by atoms with van der Waals surface area (Å²) in [6, 6.07) is 24.8. The van der Waals surface area contributed by atoms with E-state index in [0.717, 1.165) is 21.7 Å². The first kappa shape index (κ1) is 19.7. The van der Waals surface area contributed by atoms with Crippen molar-refractivity contribution in [1.29, 1.82) is 0 Å². The van der Waals surface area contributed by atoms with Crippen LogP contribution in [0.1, 0.15) is 33.2 Å². The SMILES string of the molecule is CC(=O)c1ccc(C(=O)Nc2nc(-c3ccc(C)cc3)c(-c3ccccc3)s2)cc1. The van der Waals surface area contributed by atoms with Crippen LogP contribution in [0.2, 0.25) is 0 Å². The monoisotopic (exact) mass is 412 g/mol. The number of thiazole rings is 1. The van der Waals surface area contributed by atoms with Gasteiger partial charge in [-0.25, -0.2) is 4.98 Å². The summed E-state index contributed by atoms with van der Waals surface area (Å²) in [5.41, 5.74) is 5.13. The smallest absolute Gasteiger partial charge is 0.257 e. The number of carbonyl (C=O) groups excluding carboxylic acids is 2. The van der Waals surface area contributed by atoms with Crippen LogP contribution in [0.15, 0.2) is 78.9 Å². The Bertz CT molecular complexity index is 1190. The van der Waals surface area contributed by atoms with Gasteiger partial charge in [0.05, 0.1) is 10.6 Å². The van der Waals surface area contributed by atoms with Crippen LogP contribution in [0.3, 0.4) is 0 Å². The zero-order chi connectivity index (χ0) is 21.1. The quantitative estimate of drug-likeness (QED) is 0.395. The highest BCUT2D eigenvalue weighted by molar-refractivity contribution is 7.19. The van der Waals surface area contributed by atoms with Gasteiger partial charge in [0.1, 0.15) is 0 Å². The summed E-state index contributed by atoms with van der Waals surface area (Å²) in [5, 5.41) is 3.43. The van der Waals surface area contributed by atoms with Crippen LogP contribution < -0.4 is 5.32 Å². The van der Waals surface area contributed by atoms with Crippen molar-refractivity contribution in [2.45, 2.75) is 13.8 Å². The Morgan fingerprint density at radius 1 is 0.800 bits per heavy atom. The number of nitrogens with zero attached hydrogens (tertiary/aromatic N) is 1. The fourth-order valence-corrected chi connectivity index (χ4v) is 4.08. The van der Waals surface area contributed by atoms with E-state index in [1.165, 1.54) is 23.8 Å². The van der Waals surface area contributed by atoms with E-state index >= 15 is 0 Å². The Labute approximate surface area is 179 Å². The number of amides is 1. The largest absolute Gasteiger partial charge is 0.298 e. The van der Waals surface area contributed by atoms with Crippen LogP contribution in [0.4, 0.5) is 5.13 Å². The summed E-state index contributed by atoms with van der Waals surface area (Å²) >= 11 is 1.45. The first-order chi connectivity index (χ1) is 14.5. The van der Waals surface area contributed by atoms with Crippen LogP contribution in [0.25, 0.3) is 21.7 Å². The third-order valence-corrected chi connectivity index (χ3v) is 5.78.